The van der Waals surface area contributed by atoms with Gasteiger partial charge in [0, 0.05) is 44.0 Å². The molecule has 0 unspecified atom stereocenters. The maximum absolute atomic E-state index is 14.4. The topological polar surface area (TPSA) is 138 Å². The van der Waals surface area contributed by atoms with Crippen LogP contribution in [-0.2, 0) is 14.8 Å². The monoisotopic (exact) mass is 680 g/mol. The van der Waals surface area contributed by atoms with Crippen molar-refractivity contribution >= 4 is 33.3 Å². The molecule has 0 spiro atoms. The van der Waals surface area contributed by atoms with Gasteiger partial charge in [0.2, 0.25) is 0 Å². The third kappa shape index (κ3) is 9.94. The number of urea groups is 1. The molecule has 11 nitrogen and oxygen atoms in total. The van der Waals surface area contributed by atoms with Gasteiger partial charge in [0.1, 0.15) is 5.75 Å². The van der Waals surface area contributed by atoms with Crippen molar-refractivity contribution in [1.29, 1.82) is 0 Å². The molecule has 0 bridgehead atoms. The van der Waals surface area contributed by atoms with Crippen molar-refractivity contribution in [3.8, 4) is 5.75 Å². The third-order valence-corrected chi connectivity index (χ3v) is 9.86. The van der Waals surface area contributed by atoms with Crippen molar-refractivity contribution in [2.45, 2.75) is 70.1 Å². The van der Waals surface area contributed by atoms with Gasteiger partial charge in [0.05, 0.1) is 35.3 Å². The van der Waals surface area contributed by atoms with Crippen LogP contribution in [0.15, 0.2) is 77.7 Å². The van der Waals surface area contributed by atoms with Crippen LogP contribution in [0.3, 0.4) is 0 Å². The molecular formula is C36H48N4O7S. The number of hydrogen-bond donors (Lipinski definition) is 3. The maximum Gasteiger partial charge on any atom is 0.321 e. The molecule has 48 heavy (non-hydrogen) atoms. The standard InChI is InChI=1S/C36H48N4O7S/c1-25-14-17-31(18-15-25)48(44,45)38-30-16-19-33-32(21-30)35(42)40(27(3)24-41)22-26(2)34(46-20-10-9-11-28(4)47-33)23-39(5)36(43)37-29-12-7-6-8-13-29/h6-8,12-19,21,26-28,34,38,41H,9-11,20,22-24H2,1-5H3,(H,37,43)/t26-,27-,28-,34-/m1/s1. The van der Waals surface area contributed by atoms with E-state index in [0.29, 0.717) is 24.5 Å². The highest BCUT2D eigenvalue weighted by Gasteiger charge is 2.31. The second-order valence-corrected chi connectivity index (χ2v) is 14.3. The van der Waals surface area contributed by atoms with Gasteiger partial charge in [0.15, 0.2) is 0 Å². The number of anilines is 2. The average Bonchev–Trinajstić information content (AvgIpc) is 3.06. The normalized spacial score (nSPS) is 20.1. The van der Waals surface area contributed by atoms with Crippen molar-refractivity contribution in [3.05, 3.63) is 83.9 Å². The number of rotatable bonds is 8. The summed E-state index contributed by atoms with van der Waals surface area (Å²) in [5, 5.41) is 13.1. The van der Waals surface area contributed by atoms with E-state index < -0.39 is 28.1 Å². The first kappa shape index (κ1) is 36.7. The molecule has 3 amide bonds. The van der Waals surface area contributed by atoms with Gasteiger partial charge in [-0.3, -0.25) is 9.52 Å². The van der Waals surface area contributed by atoms with E-state index in [1.54, 1.807) is 48.0 Å². The highest BCUT2D eigenvalue weighted by atomic mass is 32.2. The Morgan fingerprint density at radius 1 is 1.04 bits per heavy atom. The van der Waals surface area contributed by atoms with E-state index in [1.165, 1.54) is 18.2 Å². The number of amides is 3. The molecule has 4 atom stereocenters. The molecule has 4 rings (SSSR count). The maximum atomic E-state index is 14.4. The molecule has 0 saturated heterocycles. The number of aliphatic hydroxyl groups excluding tert-OH is 1. The fourth-order valence-corrected chi connectivity index (χ4v) is 6.52. The predicted octanol–water partition coefficient (Wildman–Crippen LogP) is 5.76. The number of fused-ring (bicyclic) bond motifs is 1. The zero-order chi connectivity index (χ0) is 34.8. The van der Waals surface area contributed by atoms with Crippen molar-refractivity contribution in [1.82, 2.24) is 9.80 Å². The Hall–Kier alpha value is -4.13. The summed E-state index contributed by atoms with van der Waals surface area (Å²) in [4.78, 5) is 30.6. The van der Waals surface area contributed by atoms with Crippen LogP contribution in [-0.4, -0.2) is 86.9 Å². The number of sulfonamides is 1. The van der Waals surface area contributed by atoms with Gasteiger partial charge in [-0.15, -0.1) is 0 Å². The van der Waals surface area contributed by atoms with E-state index in [2.05, 4.69) is 10.0 Å². The smallest absolute Gasteiger partial charge is 0.321 e. The molecule has 260 valence electrons. The Kier molecular flexibility index (Phi) is 12.9. The van der Waals surface area contributed by atoms with E-state index in [4.69, 9.17) is 9.47 Å². The van der Waals surface area contributed by atoms with Gasteiger partial charge in [-0.25, -0.2) is 13.2 Å². The molecule has 1 aliphatic rings. The van der Waals surface area contributed by atoms with Crippen LogP contribution in [0.5, 0.6) is 5.75 Å². The molecule has 3 aromatic carbocycles. The summed E-state index contributed by atoms with van der Waals surface area (Å²) in [5.74, 6) is -0.340. The van der Waals surface area contributed by atoms with Crippen LogP contribution < -0.4 is 14.8 Å². The minimum atomic E-state index is -3.93. The lowest BCUT2D eigenvalue weighted by atomic mass is 10.0. The third-order valence-electron chi connectivity index (χ3n) is 8.46. The lowest BCUT2D eigenvalue weighted by Gasteiger charge is -2.35. The van der Waals surface area contributed by atoms with Crippen LogP contribution in [0.4, 0.5) is 16.2 Å². The minimum absolute atomic E-state index is 0.0993. The summed E-state index contributed by atoms with van der Waals surface area (Å²) in [6.07, 6.45) is 1.65. The molecule has 0 saturated carbocycles. The summed E-state index contributed by atoms with van der Waals surface area (Å²) in [6.45, 7) is 8.15. The number of nitrogens with one attached hydrogen (secondary N) is 2. The number of aryl methyl sites for hydroxylation is 1. The zero-order valence-electron chi connectivity index (χ0n) is 28.4. The van der Waals surface area contributed by atoms with Crippen molar-refractivity contribution in [2.75, 3.05) is 43.4 Å². The van der Waals surface area contributed by atoms with E-state index in [-0.39, 0.29) is 53.9 Å². The highest BCUT2D eigenvalue weighted by molar-refractivity contribution is 7.92. The molecule has 3 aromatic rings. The summed E-state index contributed by atoms with van der Waals surface area (Å²) in [5.41, 5.74) is 1.99. The lowest BCUT2D eigenvalue weighted by Crippen LogP contribution is -2.48. The quantitative estimate of drug-likeness (QED) is 0.275. The Morgan fingerprint density at radius 3 is 2.44 bits per heavy atom. The van der Waals surface area contributed by atoms with E-state index >= 15 is 0 Å². The highest BCUT2D eigenvalue weighted by Crippen LogP contribution is 2.29. The van der Waals surface area contributed by atoms with Gasteiger partial charge in [-0.05, 0) is 82.5 Å². The summed E-state index contributed by atoms with van der Waals surface area (Å²) >= 11 is 0. The molecule has 0 fully saturated rings. The van der Waals surface area contributed by atoms with Gasteiger partial charge in [0.25, 0.3) is 15.9 Å². The van der Waals surface area contributed by atoms with Crippen LogP contribution in [0, 0.1) is 12.8 Å². The average molecular weight is 681 g/mol. The molecule has 0 aromatic heterocycles. The number of nitrogens with zero attached hydrogens (tertiary/aromatic N) is 2. The van der Waals surface area contributed by atoms with Crippen LogP contribution in [0.2, 0.25) is 0 Å². The van der Waals surface area contributed by atoms with Gasteiger partial charge < -0.3 is 29.7 Å². The van der Waals surface area contributed by atoms with Crippen LogP contribution >= 0.6 is 0 Å². The zero-order valence-corrected chi connectivity index (χ0v) is 29.2. The van der Waals surface area contributed by atoms with E-state index in [0.717, 1.165) is 18.4 Å². The molecule has 0 radical (unpaired) electrons. The fourth-order valence-electron chi connectivity index (χ4n) is 5.47. The molecule has 1 aliphatic heterocycles. The first-order chi connectivity index (χ1) is 22.9. The number of benzene rings is 3. The Labute approximate surface area is 284 Å². The fraction of sp³-hybridized carbons (Fsp3) is 0.444. The Morgan fingerprint density at radius 2 is 1.75 bits per heavy atom. The number of carbonyl (C=O) groups is 2. The summed E-state index contributed by atoms with van der Waals surface area (Å²) < 4.78 is 41.6. The Bertz CT molecular complexity index is 1620. The number of hydrogen-bond acceptors (Lipinski definition) is 7. The first-order valence-electron chi connectivity index (χ1n) is 16.4. The minimum Gasteiger partial charge on any atom is -0.490 e. The van der Waals surface area contributed by atoms with Gasteiger partial charge in [-0.2, -0.15) is 0 Å². The second kappa shape index (κ2) is 16.8. The molecular weight excluding hydrogens is 632 g/mol. The molecule has 3 N–H and O–H groups in total. The van der Waals surface area contributed by atoms with Crippen molar-refractivity contribution in [2.24, 2.45) is 5.92 Å². The van der Waals surface area contributed by atoms with Crippen LogP contribution in [0.1, 0.15) is 56.0 Å². The summed E-state index contributed by atoms with van der Waals surface area (Å²) in [7, 11) is -2.23. The first-order valence-corrected chi connectivity index (χ1v) is 17.9. The number of para-hydroxylation sites is 1. The Balaban J connectivity index is 1.63. The lowest BCUT2D eigenvalue weighted by molar-refractivity contribution is -0.0115. The molecule has 12 heteroatoms. The van der Waals surface area contributed by atoms with Crippen molar-refractivity contribution < 1.29 is 32.6 Å². The van der Waals surface area contributed by atoms with Crippen LogP contribution in [0.25, 0.3) is 0 Å². The number of ether oxygens (including phenoxy) is 2. The number of aliphatic hydroxyl groups is 1. The van der Waals surface area contributed by atoms with Gasteiger partial charge >= 0.3 is 6.03 Å². The SMILES string of the molecule is Cc1ccc(S(=O)(=O)Nc2ccc3c(c2)C(=O)N([C@H](C)CO)C[C@@H](C)[C@@H](CN(C)C(=O)Nc2ccccc2)OCCCC[C@@H](C)O3)cc1. The molecule has 1 heterocycles. The number of carbonyl (C=O) groups excluding carboxylic acids is 2. The summed E-state index contributed by atoms with van der Waals surface area (Å²) in [6, 6.07) is 19.5. The second-order valence-electron chi connectivity index (χ2n) is 12.6. The predicted molar refractivity (Wildman–Crippen MR) is 187 cm³/mol. The van der Waals surface area contributed by atoms with Gasteiger partial charge in [-0.1, -0.05) is 42.8 Å². The van der Waals surface area contributed by atoms with E-state index in [1.807, 2.05) is 51.1 Å². The number of likely N-dealkylation sites (N-methyl/N-ethyl adjacent to an activating group) is 1. The van der Waals surface area contributed by atoms with Crippen molar-refractivity contribution in [3.63, 3.8) is 0 Å². The molecule has 0 aliphatic carbocycles. The van der Waals surface area contributed by atoms with E-state index in [9.17, 15) is 23.1 Å². The largest absolute Gasteiger partial charge is 0.490 e.